The molecule has 2 aliphatic rings. The second-order valence-corrected chi connectivity index (χ2v) is 8.64. The van der Waals surface area contributed by atoms with E-state index in [1.165, 1.54) is 0 Å². The van der Waals surface area contributed by atoms with Crippen molar-refractivity contribution in [1.29, 1.82) is 0 Å². The lowest BCUT2D eigenvalue weighted by Crippen LogP contribution is -2.26. The summed E-state index contributed by atoms with van der Waals surface area (Å²) in [6.07, 6.45) is -0.310. The van der Waals surface area contributed by atoms with Crippen molar-refractivity contribution in [2.24, 2.45) is 17.3 Å². The highest BCUT2D eigenvalue weighted by molar-refractivity contribution is 5.90. The number of carbonyl (C=O) groups excluding carboxylic acids is 2. The average Bonchev–Trinajstić information content (AvgIpc) is 2.85. The zero-order valence-corrected chi connectivity index (χ0v) is 16.2. The molecule has 1 N–H and O–H groups in total. The number of benzene rings is 1. The van der Waals surface area contributed by atoms with Gasteiger partial charge in [-0.25, -0.2) is 4.79 Å². The van der Waals surface area contributed by atoms with Crippen LogP contribution in [0.1, 0.15) is 34.6 Å². The van der Waals surface area contributed by atoms with Gasteiger partial charge < -0.3 is 14.8 Å². The molecular weight excluding hydrogens is 332 g/mol. The van der Waals surface area contributed by atoms with Crippen LogP contribution in [0, 0.1) is 17.3 Å². The molecule has 1 aromatic carbocycles. The summed E-state index contributed by atoms with van der Waals surface area (Å²) in [7, 11) is 0. The van der Waals surface area contributed by atoms with Crippen LogP contribution in [0.2, 0.25) is 0 Å². The molecule has 1 saturated carbocycles. The minimum Gasteiger partial charge on any atom is -0.460 e. The number of anilines is 2. The molecule has 2 fully saturated rings. The van der Waals surface area contributed by atoms with Gasteiger partial charge in [-0.1, -0.05) is 19.9 Å². The highest BCUT2D eigenvalue weighted by Crippen LogP contribution is 2.58. The Morgan fingerprint density at radius 2 is 2.12 bits per heavy atom. The molecule has 1 amide bonds. The van der Waals surface area contributed by atoms with Crippen molar-refractivity contribution in [1.82, 2.24) is 0 Å². The minimum atomic E-state index is -0.466. The molecule has 3 rings (SSSR count). The van der Waals surface area contributed by atoms with Crippen molar-refractivity contribution in [2.75, 3.05) is 29.9 Å². The third-order valence-electron chi connectivity index (χ3n) is 5.16. The maximum atomic E-state index is 12.4. The van der Waals surface area contributed by atoms with Gasteiger partial charge in [-0.05, 0) is 50.3 Å². The van der Waals surface area contributed by atoms with Gasteiger partial charge in [0.1, 0.15) is 12.2 Å². The number of nitrogens with one attached hydrogen (secondary N) is 1. The summed E-state index contributed by atoms with van der Waals surface area (Å²) >= 11 is 0. The molecule has 26 heavy (non-hydrogen) atoms. The van der Waals surface area contributed by atoms with Gasteiger partial charge in [0.2, 0.25) is 0 Å². The van der Waals surface area contributed by atoms with E-state index in [4.69, 9.17) is 9.47 Å². The number of esters is 1. The summed E-state index contributed by atoms with van der Waals surface area (Å²) in [5.74, 6) is 0.00610. The molecule has 0 spiro atoms. The Hall–Kier alpha value is -2.24. The smallest absolute Gasteiger partial charge is 0.414 e. The maximum absolute atomic E-state index is 12.4. The van der Waals surface area contributed by atoms with Crippen molar-refractivity contribution in [3.05, 3.63) is 24.3 Å². The van der Waals surface area contributed by atoms with Crippen LogP contribution in [0.25, 0.3) is 0 Å². The average molecular weight is 360 g/mol. The van der Waals surface area contributed by atoms with Gasteiger partial charge in [0.15, 0.2) is 0 Å². The van der Waals surface area contributed by atoms with E-state index >= 15 is 0 Å². The highest BCUT2D eigenvalue weighted by atomic mass is 16.6. The van der Waals surface area contributed by atoms with E-state index in [1.54, 1.807) is 4.90 Å². The molecule has 1 saturated heterocycles. The Morgan fingerprint density at radius 3 is 2.73 bits per heavy atom. The van der Waals surface area contributed by atoms with E-state index in [2.05, 4.69) is 19.2 Å². The van der Waals surface area contributed by atoms with Crippen LogP contribution >= 0.6 is 0 Å². The molecule has 0 bridgehead atoms. The van der Waals surface area contributed by atoms with Crippen LogP contribution in [0.3, 0.4) is 0 Å². The van der Waals surface area contributed by atoms with Crippen LogP contribution in [-0.4, -0.2) is 37.4 Å². The molecule has 142 valence electrons. The molecule has 6 heteroatoms. The van der Waals surface area contributed by atoms with Crippen LogP contribution in [-0.2, 0) is 14.3 Å². The van der Waals surface area contributed by atoms with Crippen molar-refractivity contribution < 1.29 is 19.1 Å². The number of hydrogen-bond acceptors (Lipinski definition) is 5. The summed E-state index contributed by atoms with van der Waals surface area (Å²) in [5.41, 5.74) is 1.20. The van der Waals surface area contributed by atoms with Crippen molar-refractivity contribution >= 4 is 23.4 Å². The first-order chi connectivity index (χ1) is 12.1. The summed E-state index contributed by atoms with van der Waals surface area (Å²) < 4.78 is 10.5. The predicted octanol–water partition coefficient (Wildman–Crippen LogP) is 3.67. The van der Waals surface area contributed by atoms with Crippen LogP contribution < -0.4 is 10.2 Å². The van der Waals surface area contributed by atoms with E-state index in [9.17, 15) is 9.59 Å². The zero-order chi connectivity index (χ0) is 19.1. The number of amides is 1. The zero-order valence-electron chi connectivity index (χ0n) is 16.2. The fourth-order valence-corrected chi connectivity index (χ4v) is 3.60. The number of carbonyl (C=O) groups is 2. The monoisotopic (exact) mass is 360 g/mol. The Kier molecular flexibility index (Phi) is 4.63. The van der Waals surface area contributed by atoms with E-state index in [0.717, 1.165) is 11.4 Å². The molecule has 1 aliphatic carbocycles. The van der Waals surface area contributed by atoms with Gasteiger partial charge >= 0.3 is 12.1 Å². The molecule has 0 aromatic heterocycles. The number of nitrogens with zero attached hydrogens (tertiary/aromatic N) is 1. The van der Waals surface area contributed by atoms with Crippen LogP contribution in [0.5, 0.6) is 0 Å². The first-order valence-electron chi connectivity index (χ1n) is 9.11. The van der Waals surface area contributed by atoms with Gasteiger partial charge in [0, 0.05) is 17.9 Å². The fraction of sp³-hybridized carbons (Fsp3) is 0.600. The minimum absolute atomic E-state index is 0.0777. The molecule has 6 nitrogen and oxygen atoms in total. The standard InChI is InChI=1S/C20H28N2O4/c1-19(2,3)26-17(23)16-15(20(16,4)5)12-21-13-7-6-8-14(11-13)22-9-10-25-18(22)24/h6-8,11,15-16,21H,9-10,12H2,1-5H3/t15-,16+/m0/s1. The number of cyclic esters (lactones) is 1. The van der Waals surface area contributed by atoms with Gasteiger partial charge in [0.25, 0.3) is 0 Å². The molecule has 2 atom stereocenters. The lowest BCUT2D eigenvalue weighted by molar-refractivity contribution is -0.157. The second kappa shape index (κ2) is 6.49. The Morgan fingerprint density at radius 1 is 1.38 bits per heavy atom. The van der Waals surface area contributed by atoms with E-state index in [0.29, 0.717) is 19.7 Å². The first-order valence-corrected chi connectivity index (χ1v) is 9.11. The maximum Gasteiger partial charge on any atom is 0.414 e. The Labute approximate surface area is 154 Å². The Balaban J connectivity index is 1.61. The van der Waals surface area contributed by atoms with Gasteiger partial charge in [-0.15, -0.1) is 0 Å². The largest absolute Gasteiger partial charge is 0.460 e. The summed E-state index contributed by atoms with van der Waals surface area (Å²) in [6.45, 7) is 11.6. The first kappa shape index (κ1) is 18.5. The van der Waals surface area contributed by atoms with Crippen LogP contribution in [0.4, 0.5) is 16.2 Å². The second-order valence-electron chi connectivity index (χ2n) is 8.64. The summed E-state index contributed by atoms with van der Waals surface area (Å²) in [6, 6.07) is 7.70. The summed E-state index contributed by atoms with van der Waals surface area (Å²) in [4.78, 5) is 25.7. The van der Waals surface area contributed by atoms with E-state index < -0.39 is 5.60 Å². The van der Waals surface area contributed by atoms with Gasteiger partial charge in [-0.2, -0.15) is 0 Å². The van der Waals surface area contributed by atoms with Crippen molar-refractivity contribution in [3.8, 4) is 0 Å². The summed E-state index contributed by atoms with van der Waals surface area (Å²) in [5, 5.41) is 3.40. The molecule has 0 unspecified atom stereocenters. The highest BCUT2D eigenvalue weighted by Gasteiger charge is 2.62. The van der Waals surface area contributed by atoms with E-state index in [-0.39, 0.29) is 29.3 Å². The lowest BCUT2D eigenvalue weighted by Gasteiger charge is -2.20. The van der Waals surface area contributed by atoms with Crippen molar-refractivity contribution in [3.63, 3.8) is 0 Å². The van der Waals surface area contributed by atoms with Gasteiger partial charge in [0.05, 0.1) is 12.5 Å². The lowest BCUT2D eigenvalue weighted by atomic mass is 10.1. The predicted molar refractivity (Wildman–Crippen MR) is 100 cm³/mol. The Bertz CT molecular complexity index is 708. The number of hydrogen-bond donors (Lipinski definition) is 1. The number of ether oxygens (including phenoxy) is 2. The van der Waals surface area contributed by atoms with Crippen molar-refractivity contribution in [2.45, 2.75) is 40.2 Å². The third-order valence-corrected chi connectivity index (χ3v) is 5.16. The molecule has 1 aliphatic heterocycles. The molecule has 0 radical (unpaired) electrons. The fourth-order valence-electron chi connectivity index (χ4n) is 3.60. The topological polar surface area (TPSA) is 67.9 Å². The quantitative estimate of drug-likeness (QED) is 0.812. The SMILES string of the molecule is CC(C)(C)OC(=O)[C@H]1[C@H](CNc2cccc(N3CCOC3=O)c2)C1(C)C. The number of rotatable bonds is 5. The molecular formula is C20H28N2O4. The normalized spacial score (nSPS) is 24.2. The molecule has 1 heterocycles. The van der Waals surface area contributed by atoms with Crippen LogP contribution in [0.15, 0.2) is 24.3 Å². The van der Waals surface area contributed by atoms with Gasteiger partial charge in [-0.3, -0.25) is 9.69 Å². The third kappa shape index (κ3) is 3.79. The van der Waals surface area contributed by atoms with E-state index in [1.807, 2.05) is 45.0 Å². The molecule has 1 aromatic rings.